The van der Waals surface area contributed by atoms with E-state index in [1.807, 2.05) is 55.5 Å². The zero-order valence-electron chi connectivity index (χ0n) is 19.9. The van der Waals surface area contributed by atoms with Crippen LogP contribution in [-0.2, 0) is 32.8 Å². The molecule has 11 heteroatoms. The second-order valence-corrected chi connectivity index (χ2v) is 9.95. The van der Waals surface area contributed by atoms with Crippen molar-refractivity contribution >= 4 is 22.0 Å². The molecule has 1 aliphatic rings. The highest BCUT2D eigenvalue weighted by Gasteiger charge is 2.26. The summed E-state index contributed by atoms with van der Waals surface area (Å²) in [5, 5.41) is 14.8. The van der Waals surface area contributed by atoms with Gasteiger partial charge in [0.1, 0.15) is 6.61 Å². The molecular weight excluding hydrogens is 476 g/mol. The summed E-state index contributed by atoms with van der Waals surface area (Å²) < 4.78 is 37.5. The van der Waals surface area contributed by atoms with Crippen molar-refractivity contribution in [3.8, 4) is 11.5 Å². The van der Waals surface area contributed by atoms with Gasteiger partial charge in [0.15, 0.2) is 11.5 Å². The van der Waals surface area contributed by atoms with E-state index < -0.39 is 22.0 Å². The minimum atomic E-state index is -3.11. The number of hydrogen-bond acceptors (Lipinski definition) is 7. The van der Waals surface area contributed by atoms with Crippen molar-refractivity contribution in [1.82, 2.24) is 9.21 Å². The van der Waals surface area contributed by atoms with Gasteiger partial charge in [0.25, 0.3) is 0 Å². The van der Waals surface area contributed by atoms with Crippen LogP contribution in [0.1, 0.15) is 24.5 Å². The summed E-state index contributed by atoms with van der Waals surface area (Å²) >= 11 is 0. The molecule has 10 nitrogen and oxygen atoms in total. The number of nitrogens with zero attached hydrogens (tertiary/aromatic N) is 2. The van der Waals surface area contributed by atoms with Crippen molar-refractivity contribution in [2.75, 3.05) is 39.0 Å². The molecule has 0 unspecified atom stereocenters. The summed E-state index contributed by atoms with van der Waals surface area (Å²) in [5.74, 6) is -1.99. The number of sulfonamides is 1. The Bertz CT molecular complexity index is 1060. The fourth-order valence-electron chi connectivity index (χ4n) is 3.48. The van der Waals surface area contributed by atoms with Crippen LogP contribution in [0.4, 0.5) is 0 Å². The highest BCUT2D eigenvalue weighted by molar-refractivity contribution is 7.89. The summed E-state index contributed by atoms with van der Waals surface area (Å²) in [6.45, 7) is 5.72. The number of hydrogen-bond donors (Lipinski definition) is 2. The standard InChI is InChI=1S/C22H30N2O4S.C2H2O4/c1-3-15-29(25,26)24-13-11-23(12-14-24)17-20-9-10-21(22(16-20)27-2)28-18-19-7-5-4-6-8-19;3-1(4)2(5)6/h4-10,16H,3,11-15,17-18H2,1-2H3;(H,3,4)(H,5,6). The maximum atomic E-state index is 12.2. The molecule has 0 radical (unpaired) electrons. The number of carboxylic acid groups (broad SMARTS) is 2. The third kappa shape index (κ3) is 9.19. The zero-order chi connectivity index (χ0) is 25.8. The lowest BCUT2D eigenvalue weighted by atomic mass is 10.1. The number of rotatable bonds is 9. The SMILES string of the molecule is CCCS(=O)(=O)N1CCN(Cc2ccc(OCc3ccccc3)c(OC)c2)CC1.O=C(O)C(=O)O. The van der Waals surface area contributed by atoms with Crippen LogP contribution in [0.3, 0.4) is 0 Å². The van der Waals surface area contributed by atoms with Gasteiger partial charge in [0.05, 0.1) is 12.9 Å². The van der Waals surface area contributed by atoms with E-state index in [0.29, 0.717) is 31.9 Å². The molecule has 1 fully saturated rings. The first-order valence-electron chi connectivity index (χ1n) is 11.2. The summed E-state index contributed by atoms with van der Waals surface area (Å²) in [6, 6.07) is 16.0. The van der Waals surface area contributed by atoms with Gasteiger partial charge < -0.3 is 19.7 Å². The lowest BCUT2D eigenvalue weighted by Crippen LogP contribution is -2.48. The molecule has 2 aromatic carbocycles. The fourth-order valence-corrected chi connectivity index (χ4v) is 4.97. The normalized spacial score (nSPS) is 14.5. The molecule has 1 aliphatic heterocycles. The predicted octanol–water partition coefficient (Wildman–Crippen LogP) is 2.29. The van der Waals surface area contributed by atoms with Crippen molar-refractivity contribution < 1.29 is 37.7 Å². The molecule has 0 spiro atoms. The zero-order valence-corrected chi connectivity index (χ0v) is 20.7. The number of benzene rings is 2. The number of carbonyl (C=O) groups is 2. The quantitative estimate of drug-likeness (QED) is 0.489. The van der Waals surface area contributed by atoms with Gasteiger partial charge in [-0.1, -0.05) is 43.3 Å². The monoisotopic (exact) mass is 508 g/mol. The molecule has 1 heterocycles. The van der Waals surface area contributed by atoms with E-state index >= 15 is 0 Å². The second kappa shape index (κ2) is 13.7. The number of ether oxygens (including phenoxy) is 2. The first-order valence-corrected chi connectivity index (χ1v) is 12.8. The molecule has 0 atom stereocenters. The smallest absolute Gasteiger partial charge is 0.414 e. The molecule has 0 amide bonds. The first kappa shape index (κ1) is 28.1. The van der Waals surface area contributed by atoms with Gasteiger partial charge in [-0.15, -0.1) is 0 Å². The molecule has 35 heavy (non-hydrogen) atoms. The third-order valence-electron chi connectivity index (χ3n) is 5.24. The highest BCUT2D eigenvalue weighted by Crippen LogP contribution is 2.29. The van der Waals surface area contributed by atoms with Crippen molar-refractivity contribution in [3.63, 3.8) is 0 Å². The number of methoxy groups -OCH3 is 1. The van der Waals surface area contributed by atoms with Crippen molar-refractivity contribution in [1.29, 1.82) is 0 Å². The number of piperazine rings is 1. The van der Waals surface area contributed by atoms with E-state index in [9.17, 15) is 8.42 Å². The van der Waals surface area contributed by atoms with Crippen LogP contribution in [0.15, 0.2) is 48.5 Å². The average molecular weight is 509 g/mol. The molecule has 3 rings (SSSR count). The molecule has 1 saturated heterocycles. The molecule has 192 valence electrons. The Balaban J connectivity index is 0.000000641. The van der Waals surface area contributed by atoms with E-state index in [0.717, 1.165) is 36.5 Å². The lowest BCUT2D eigenvalue weighted by molar-refractivity contribution is -0.159. The summed E-state index contributed by atoms with van der Waals surface area (Å²) in [4.78, 5) is 20.5. The van der Waals surface area contributed by atoms with E-state index in [2.05, 4.69) is 4.90 Å². The Labute approximate surface area is 205 Å². The molecule has 0 aliphatic carbocycles. The first-order chi connectivity index (χ1) is 16.7. The lowest BCUT2D eigenvalue weighted by Gasteiger charge is -2.34. The van der Waals surface area contributed by atoms with Gasteiger partial charge in [0, 0.05) is 32.7 Å². The molecule has 2 aromatic rings. The Morgan fingerprint density at radius 2 is 1.54 bits per heavy atom. The Kier molecular flexibility index (Phi) is 11.0. The highest BCUT2D eigenvalue weighted by atomic mass is 32.2. The van der Waals surface area contributed by atoms with E-state index in [-0.39, 0.29) is 5.75 Å². The van der Waals surface area contributed by atoms with Crippen LogP contribution in [-0.4, -0.2) is 78.8 Å². The van der Waals surface area contributed by atoms with Crippen LogP contribution in [0.2, 0.25) is 0 Å². The minimum absolute atomic E-state index is 0.231. The van der Waals surface area contributed by atoms with Crippen LogP contribution in [0, 0.1) is 0 Å². The number of aliphatic carboxylic acids is 2. The Morgan fingerprint density at radius 1 is 0.914 bits per heavy atom. The minimum Gasteiger partial charge on any atom is -0.493 e. The maximum absolute atomic E-state index is 12.2. The molecule has 0 aromatic heterocycles. The van der Waals surface area contributed by atoms with Crippen molar-refractivity contribution in [3.05, 3.63) is 59.7 Å². The largest absolute Gasteiger partial charge is 0.493 e. The number of carboxylic acids is 2. The van der Waals surface area contributed by atoms with Gasteiger partial charge in [0.2, 0.25) is 10.0 Å². The van der Waals surface area contributed by atoms with Gasteiger partial charge in [-0.3, -0.25) is 4.90 Å². The molecule has 2 N–H and O–H groups in total. The van der Waals surface area contributed by atoms with Gasteiger partial charge in [-0.05, 0) is 29.7 Å². The average Bonchev–Trinajstić information content (AvgIpc) is 2.84. The predicted molar refractivity (Wildman–Crippen MR) is 130 cm³/mol. The maximum Gasteiger partial charge on any atom is 0.414 e. The van der Waals surface area contributed by atoms with E-state index in [1.165, 1.54) is 0 Å². The third-order valence-corrected chi connectivity index (χ3v) is 7.32. The summed E-state index contributed by atoms with van der Waals surface area (Å²) in [5.41, 5.74) is 2.23. The molecule has 0 saturated carbocycles. The summed E-state index contributed by atoms with van der Waals surface area (Å²) in [7, 11) is -1.46. The Morgan fingerprint density at radius 3 is 2.09 bits per heavy atom. The van der Waals surface area contributed by atoms with Gasteiger partial charge in [-0.25, -0.2) is 18.0 Å². The second-order valence-electron chi connectivity index (χ2n) is 7.86. The van der Waals surface area contributed by atoms with Crippen molar-refractivity contribution in [2.45, 2.75) is 26.5 Å². The van der Waals surface area contributed by atoms with Gasteiger partial charge in [-0.2, -0.15) is 4.31 Å². The fraction of sp³-hybridized carbons (Fsp3) is 0.417. The van der Waals surface area contributed by atoms with Crippen LogP contribution >= 0.6 is 0 Å². The van der Waals surface area contributed by atoms with Crippen LogP contribution < -0.4 is 9.47 Å². The van der Waals surface area contributed by atoms with E-state index in [1.54, 1.807) is 11.4 Å². The van der Waals surface area contributed by atoms with Gasteiger partial charge >= 0.3 is 11.9 Å². The topological polar surface area (TPSA) is 134 Å². The van der Waals surface area contributed by atoms with Crippen LogP contribution in [0.25, 0.3) is 0 Å². The molecular formula is C24H32N2O8S. The summed E-state index contributed by atoms with van der Waals surface area (Å²) in [6.07, 6.45) is 0.654. The molecule has 0 bridgehead atoms. The Hall–Kier alpha value is -3.15. The van der Waals surface area contributed by atoms with Crippen LogP contribution in [0.5, 0.6) is 11.5 Å². The van der Waals surface area contributed by atoms with Crippen molar-refractivity contribution in [2.24, 2.45) is 0 Å². The van der Waals surface area contributed by atoms with E-state index in [4.69, 9.17) is 29.3 Å².